The van der Waals surface area contributed by atoms with E-state index in [0.717, 1.165) is 25.7 Å². The zero-order chi connectivity index (χ0) is 28.1. The highest BCUT2D eigenvalue weighted by Gasteiger charge is 2.66. The van der Waals surface area contributed by atoms with E-state index in [-0.39, 0.29) is 72.5 Å². The molecule has 4 saturated carbocycles. The third-order valence-electron chi connectivity index (χ3n) is 11.3. The Morgan fingerprint density at radius 3 is 2.47 bits per heavy atom. The van der Waals surface area contributed by atoms with E-state index >= 15 is 0 Å². The quantitative estimate of drug-likeness (QED) is 0.284. The molecule has 4 aliphatic rings. The molecule has 3 N–H and O–H groups in total. The van der Waals surface area contributed by atoms with E-state index in [2.05, 4.69) is 23.7 Å². The summed E-state index contributed by atoms with van der Waals surface area (Å²) in [5.41, 5.74) is -0.606. The van der Waals surface area contributed by atoms with E-state index in [4.69, 9.17) is 0 Å². The van der Waals surface area contributed by atoms with Crippen molar-refractivity contribution in [2.75, 3.05) is 12.3 Å². The first-order valence-electron chi connectivity index (χ1n) is 14.2. The molecule has 3 unspecified atom stereocenters. The monoisotopic (exact) mass is 562 g/mol. The molecule has 0 aromatic rings. The van der Waals surface area contributed by atoms with Gasteiger partial charge in [0.05, 0.1) is 16.4 Å². The van der Waals surface area contributed by atoms with Crippen LogP contribution in [0.5, 0.6) is 0 Å². The SMILES string of the molecule is C[C@H](CCC(=O)NCCCS(=O)(=O)N=O)[C@H]1CCC2C3C(CC[C@@]21C)[C@@]1(C)CC(F)(F)[C@H](O)C[C@H]1C[C@@H]3O. The molecule has 38 heavy (non-hydrogen) atoms. The second-order valence-corrected chi connectivity index (χ2v) is 15.0. The number of nitroso groups, excluding NO2 is 1. The number of nitrogens with one attached hydrogen (secondary N) is 1. The summed E-state index contributed by atoms with van der Waals surface area (Å²) in [5.74, 6) is -2.83. The van der Waals surface area contributed by atoms with Crippen molar-refractivity contribution in [3.63, 3.8) is 0 Å². The van der Waals surface area contributed by atoms with Gasteiger partial charge in [-0.1, -0.05) is 20.8 Å². The van der Waals surface area contributed by atoms with Crippen LogP contribution in [0.3, 0.4) is 0 Å². The highest BCUT2D eigenvalue weighted by Crippen LogP contribution is 2.69. The lowest BCUT2D eigenvalue weighted by Crippen LogP contribution is -2.62. The lowest BCUT2D eigenvalue weighted by Gasteiger charge is -2.63. The van der Waals surface area contributed by atoms with E-state index in [1.165, 1.54) is 0 Å². The number of carbonyl (C=O) groups is 1. The second kappa shape index (κ2) is 10.7. The Bertz CT molecular complexity index is 1010. The largest absolute Gasteiger partial charge is 0.393 e. The standard InChI is InChI=1S/C27H44F2N2O6S/c1-16(5-8-23(34)30-11-4-12-38(36,37)31-35)18-6-7-19-24-20(9-10-25(18,19)2)26(3)15-27(28,29)22(33)14-17(26)13-21(24)32/h16-22,24,32-33H,4-15H2,1-3H3,(H,30,34)/t16-,17-,18-,19?,20?,21+,22-,24?,25-,26+/m1/s1. The fraction of sp³-hybridized carbons (Fsp3) is 0.963. The lowest BCUT2D eigenvalue weighted by atomic mass is 9.43. The molecule has 4 aliphatic carbocycles. The number of sulfonamides is 1. The van der Waals surface area contributed by atoms with Crippen molar-refractivity contribution in [2.45, 2.75) is 103 Å². The normalized spacial score (nSPS) is 42.9. The first-order chi connectivity index (χ1) is 17.6. The number of alkyl halides is 2. The van der Waals surface area contributed by atoms with Crippen molar-refractivity contribution in [1.82, 2.24) is 5.32 Å². The first kappa shape index (κ1) is 29.8. The van der Waals surface area contributed by atoms with Crippen molar-refractivity contribution in [3.8, 4) is 0 Å². The second-order valence-electron chi connectivity index (χ2n) is 13.3. The molecule has 4 fully saturated rings. The molecule has 218 valence electrons. The van der Waals surface area contributed by atoms with E-state index < -0.39 is 33.6 Å². The number of amides is 1. The zero-order valence-corrected chi connectivity index (χ0v) is 23.6. The summed E-state index contributed by atoms with van der Waals surface area (Å²) in [6.07, 6.45) is 2.85. The van der Waals surface area contributed by atoms with Crippen LogP contribution < -0.4 is 5.32 Å². The molecule has 0 bridgehead atoms. The predicted octanol–water partition coefficient (Wildman–Crippen LogP) is 4.24. The molecular formula is C27H44F2N2O6S. The van der Waals surface area contributed by atoms with Crippen LogP contribution in [0, 0.1) is 51.2 Å². The van der Waals surface area contributed by atoms with Crippen LogP contribution in [0.25, 0.3) is 0 Å². The average molecular weight is 563 g/mol. The Morgan fingerprint density at radius 2 is 1.79 bits per heavy atom. The summed E-state index contributed by atoms with van der Waals surface area (Å²) in [6.45, 7) is 6.60. The molecular weight excluding hydrogens is 518 g/mol. The lowest BCUT2D eigenvalue weighted by molar-refractivity contribution is -0.236. The predicted molar refractivity (Wildman–Crippen MR) is 139 cm³/mol. The van der Waals surface area contributed by atoms with Crippen LogP contribution in [0.15, 0.2) is 4.58 Å². The van der Waals surface area contributed by atoms with E-state index in [1.54, 1.807) is 0 Å². The van der Waals surface area contributed by atoms with Crippen molar-refractivity contribution < 1.29 is 32.2 Å². The first-order valence-corrected chi connectivity index (χ1v) is 15.8. The number of carbonyl (C=O) groups excluding carboxylic acids is 1. The van der Waals surface area contributed by atoms with Gasteiger partial charge in [0.2, 0.25) is 5.91 Å². The van der Waals surface area contributed by atoms with E-state index in [0.29, 0.717) is 25.2 Å². The van der Waals surface area contributed by atoms with Crippen molar-refractivity contribution in [2.24, 2.45) is 50.9 Å². The molecule has 0 saturated heterocycles. The zero-order valence-electron chi connectivity index (χ0n) is 22.7. The van der Waals surface area contributed by atoms with Gasteiger partial charge in [-0.3, -0.25) is 4.79 Å². The average Bonchev–Trinajstić information content (AvgIpc) is 3.19. The van der Waals surface area contributed by atoms with E-state index in [9.17, 15) is 37.1 Å². The molecule has 0 heterocycles. The van der Waals surface area contributed by atoms with Crippen molar-refractivity contribution in [1.29, 1.82) is 0 Å². The van der Waals surface area contributed by atoms with Crippen LogP contribution >= 0.6 is 0 Å². The van der Waals surface area contributed by atoms with Crippen LogP contribution in [-0.2, 0) is 14.8 Å². The van der Waals surface area contributed by atoms with Gasteiger partial charge in [-0.2, -0.15) is 0 Å². The third-order valence-corrected chi connectivity index (χ3v) is 12.3. The molecule has 10 atom stereocenters. The van der Waals surface area contributed by atoms with Crippen molar-refractivity contribution in [3.05, 3.63) is 4.91 Å². The van der Waals surface area contributed by atoms with Crippen LogP contribution in [0.2, 0.25) is 0 Å². The molecule has 0 spiro atoms. The number of hydrogen-bond donors (Lipinski definition) is 3. The Morgan fingerprint density at radius 1 is 1.11 bits per heavy atom. The number of aliphatic hydroxyl groups is 2. The Kier molecular flexibility index (Phi) is 8.35. The fourth-order valence-electron chi connectivity index (χ4n) is 9.37. The highest BCUT2D eigenvalue weighted by molar-refractivity contribution is 7.89. The van der Waals surface area contributed by atoms with Crippen LogP contribution in [-0.4, -0.2) is 55.0 Å². The summed E-state index contributed by atoms with van der Waals surface area (Å²) in [4.78, 5) is 22.6. The summed E-state index contributed by atoms with van der Waals surface area (Å²) in [7, 11) is -3.95. The minimum absolute atomic E-state index is 0.0151. The minimum atomic E-state index is -3.95. The number of nitrogens with zero attached hydrogens (tertiary/aromatic N) is 1. The van der Waals surface area contributed by atoms with Gasteiger partial charge >= 0.3 is 0 Å². The number of rotatable bonds is 9. The molecule has 0 aromatic heterocycles. The smallest absolute Gasteiger partial charge is 0.288 e. The molecule has 11 heteroatoms. The maximum absolute atomic E-state index is 14.7. The summed E-state index contributed by atoms with van der Waals surface area (Å²) in [6, 6.07) is 0. The Balaban J connectivity index is 1.37. The molecule has 0 aromatic carbocycles. The topological polar surface area (TPSA) is 133 Å². The molecule has 4 rings (SSSR count). The van der Waals surface area contributed by atoms with Gasteiger partial charge < -0.3 is 15.5 Å². The maximum Gasteiger partial charge on any atom is 0.288 e. The van der Waals surface area contributed by atoms with Crippen LogP contribution in [0.4, 0.5) is 8.78 Å². The van der Waals surface area contributed by atoms with Gasteiger partial charge in [0.25, 0.3) is 15.9 Å². The van der Waals surface area contributed by atoms with Crippen LogP contribution in [0.1, 0.15) is 85.0 Å². The fourth-order valence-corrected chi connectivity index (χ4v) is 9.96. The van der Waals surface area contributed by atoms with Gasteiger partial charge in [-0.15, -0.1) is 4.91 Å². The Hall–Kier alpha value is -1.20. The molecule has 0 radical (unpaired) electrons. The number of halogens is 2. The number of fused-ring (bicyclic) bond motifs is 5. The molecule has 8 nitrogen and oxygen atoms in total. The molecule has 0 aliphatic heterocycles. The van der Waals surface area contributed by atoms with E-state index in [1.807, 2.05) is 6.92 Å². The van der Waals surface area contributed by atoms with Gasteiger partial charge in [-0.05, 0) is 97.7 Å². The summed E-state index contributed by atoms with van der Waals surface area (Å²) < 4.78 is 53.8. The third kappa shape index (κ3) is 5.40. The number of aliphatic hydroxyl groups excluding tert-OH is 2. The van der Waals surface area contributed by atoms with Gasteiger partial charge in [0, 0.05) is 19.4 Å². The van der Waals surface area contributed by atoms with Gasteiger partial charge in [-0.25, -0.2) is 17.2 Å². The Labute approximate surface area is 224 Å². The van der Waals surface area contributed by atoms with Gasteiger partial charge in [0.1, 0.15) is 6.10 Å². The maximum atomic E-state index is 14.7. The minimum Gasteiger partial charge on any atom is -0.393 e. The molecule has 1 amide bonds. The number of hydrogen-bond acceptors (Lipinski definition) is 6. The highest BCUT2D eigenvalue weighted by atomic mass is 32.2. The summed E-state index contributed by atoms with van der Waals surface area (Å²) in [5, 5.41) is 24.1. The van der Waals surface area contributed by atoms with Gasteiger partial charge in [0.15, 0.2) is 0 Å². The summed E-state index contributed by atoms with van der Waals surface area (Å²) >= 11 is 0. The van der Waals surface area contributed by atoms with Crippen molar-refractivity contribution >= 4 is 15.9 Å².